The number of rotatable bonds is 1. The van der Waals surface area contributed by atoms with Crippen molar-refractivity contribution in [3.8, 4) is 11.1 Å². The standard InChI is InChI=1S/C14H9ClS/c15-13-7-6-11(10-4-2-1-3-5-10)14-12(13)8-9-16-14/h1-9H. The van der Waals surface area contributed by atoms with Crippen LogP contribution in [0.4, 0.5) is 0 Å². The van der Waals surface area contributed by atoms with E-state index in [2.05, 4.69) is 41.8 Å². The van der Waals surface area contributed by atoms with Crippen molar-refractivity contribution in [3.05, 3.63) is 58.9 Å². The molecule has 0 aliphatic heterocycles. The maximum atomic E-state index is 6.16. The van der Waals surface area contributed by atoms with Crippen LogP contribution in [0.3, 0.4) is 0 Å². The van der Waals surface area contributed by atoms with Gasteiger partial charge in [0.1, 0.15) is 0 Å². The monoisotopic (exact) mass is 244 g/mol. The zero-order valence-electron chi connectivity index (χ0n) is 8.48. The number of hydrogen-bond donors (Lipinski definition) is 0. The van der Waals surface area contributed by atoms with E-state index in [0.29, 0.717) is 0 Å². The number of fused-ring (bicyclic) bond motifs is 1. The molecule has 1 heterocycles. The van der Waals surface area contributed by atoms with Crippen LogP contribution in [0.2, 0.25) is 5.02 Å². The van der Waals surface area contributed by atoms with Crippen LogP contribution in [0.5, 0.6) is 0 Å². The summed E-state index contributed by atoms with van der Waals surface area (Å²) in [5.41, 5.74) is 2.50. The molecule has 0 saturated carbocycles. The summed E-state index contributed by atoms with van der Waals surface area (Å²) >= 11 is 7.90. The summed E-state index contributed by atoms with van der Waals surface area (Å²) < 4.78 is 1.26. The number of thiophene rings is 1. The zero-order valence-corrected chi connectivity index (χ0v) is 10.1. The summed E-state index contributed by atoms with van der Waals surface area (Å²) in [6.45, 7) is 0. The summed E-state index contributed by atoms with van der Waals surface area (Å²) in [6, 6.07) is 16.5. The number of hydrogen-bond acceptors (Lipinski definition) is 1. The molecule has 0 nitrogen and oxygen atoms in total. The number of halogens is 1. The minimum atomic E-state index is 0.830. The smallest absolute Gasteiger partial charge is 0.0493 e. The first-order chi connectivity index (χ1) is 7.86. The second-order valence-electron chi connectivity index (χ2n) is 3.62. The van der Waals surface area contributed by atoms with Crippen molar-refractivity contribution in [2.45, 2.75) is 0 Å². The van der Waals surface area contributed by atoms with Gasteiger partial charge in [-0.05, 0) is 28.6 Å². The molecule has 0 aliphatic rings. The molecule has 2 heteroatoms. The van der Waals surface area contributed by atoms with Crippen LogP contribution in [0.15, 0.2) is 53.9 Å². The van der Waals surface area contributed by atoms with Gasteiger partial charge in [-0.3, -0.25) is 0 Å². The lowest BCUT2D eigenvalue weighted by atomic mass is 10.0. The van der Waals surface area contributed by atoms with E-state index < -0.39 is 0 Å². The summed E-state index contributed by atoms with van der Waals surface area (Å²) in [6.07, 6.45) is 0. The van der Waals surface area contributed by atoms with Crippen LogP contribution in [-0.4, -0.2) is 0 Å². The summed E-state index contributed by atoms with van der Waals surface area (Å²) in [5.74, 6) is 0. The Bertz CT molecular complexity index is 626. The van der Waals surface area contributed by atoms with Gasteiger partial charge in [-0.25, -0.2) is 0 Å². The van der Waals surface area contributed by atoms with Gasteiger partial charge in [-0.1, -0.05) is 48.0 Å². The molecule has 0 spiro atoms. The maximum Gasteiger partial charge on any atom is 0.0493 e. The Morgan fingerprint density at radius 2 is 1.69 bits per heavy atom. The van der Waals surface area contributed by atoms with E-state index >= 15 is 0 Å². The van der Waals surface area contributed by atoms with Gasteiger partial charge in [0.05, 0.1) is 0 Å². The molecule has 0 amide bonds. The molecule has 1 aromatic heterocycles. The second-order valence-corrected chi connectivity index (χ2v) is 4.95. The molecule has 0 N–H and O–H groups in total. The molecule has 0 bridgehead atoms. The second kappa shape index (κ2) is 3.93. The maximum absolute atomic E-state index is 6.16. The molecule has 2 aromatic carbocycles. The SMILES string of the molecule is Clc1ccc(-c2ccccc2)c2sccc12. The van der Waals surface area contributed by atoms with E-state index in [-0.39, 0.29) is 0 Å². The van der Waals surface area contributed by atoms with E-state index in [1.807, 2.05) is 12.1 Å². The first-order valence-corrected chi connectivity index (χ1v) is 6.33. The van der Waals surface area contributed by atoms with E-state index in [1.54, 1.807) is 11.3 Å². The van der Waals surface area contributed by atoms with Gasteiger partial charge in [0.2, 0.25) is 0 Å². The lowest BCUT2D eigenvalue weighted by Crippen LogP contribution is -1.77. The highest BCUT2D eigenvalue weighted by Crippen LogP contribution is 2.36. The van der Waals surface area contributed by atoms with Gasteiger partial charge in [0.15, 0.2) is 0 Å². The summed E-state index contributed by atoms with van der Waals surface area (Å²) in [5, 5.41) is 4.06. The Morgan fingerprint density at radius 1 is 0.875 bits per heavy atom. The highest BCUT2D eigenvalue weighted by Gasteiger charge is 2.07. The fraction of sp³-hybridized carbons (Fsp3) is 0. The van der Waals surface area contributed by atoms with E-state index in [0.717, 1.165) is 10.4 Å². The predicted molar refractivity (Wildman–Crippen MR) is 72.3 cm³/mol. The number of benzene rings is 2. The van der Waals surface area contributed by atoms with Crippen LogP contribution in [-0.2, 0) is 0 Å². The Labute approximate surface area is 103 Å². The van der Waals surface area contributed by atoms with Crippen molar-refractivity contribution in [3.63, 3.8) is 0 Å². The van der Waals surface area contributed by atoms with Crippen molar-refractivity contribution >= 4 is 33.0 Å². The van der Waals surface area contributed by atoms with Gasteiger partial charge < -0.3 is 0 Å². The molecule has 0 atom stereocenters. The highest BCUT2D eigenvalue weighted by molar-refractivity contribution is 7.17. The van der Waals surface area contributed by atoms with Crippen molar-refractivity contribution in [1.82, 2.24) is 0 Å². The lowest BCUT2D eigenvalue weighted by molar-refractivity contribution is 1.67. The molecule has 3 rings (SSSR count). The average Bonchev–Trinajstić information content (AvgIpc) is 2.81. The molecule has 0 aliphatic carbocycles. The van der Waals surface area contributed by atoms with Gasteiger partial charge >= 0.3 is 0 Å². The van der Waals surface area contributed by atoms with Crippen LogP contribution in [0.25, 0.3) is 21.2 Å². The Morgan fingerprint density at radius 3 is 2.50 bits per heavy atom. The van der Waals surface area contributed by atoms with Crippen molar-refractivity contribution < 1.29 is 0 Å². The van der Waals surface area contributed by atoms with Crippen molar-refractivity contribution in [2.24, 2.45) is 0 Å². The lowest BCUT2D eigenvalue weighted by Gasteiger charge is -2.04. The van der Waals surface area contributed by atoms with Crippen LogP contribution in [0, 0.1) is 0 Å². The van der Waals surface area contributed by atoms with Gasteiger partial charge in [-0.2, -0.15) is 0 Å². The minimum Gasteiger partial charge on any atom is -0.143 e. The Balaban J connectivity index is 2.33. The van der Waals surface area contributed by atoms with Crippen LogP contribution >= 0.6 is 22.9 Å². The van der Waals surface area contributed by atoms with Gasteiger partial charge in [-0.15, -0.1) is 11.3 Å². The third-order valence-electron chi connectivity index (χ3n) is 2.65. The quantitative estimate of drug-likeness (QED) is 0.550. The molecule has 3 aromatic rings. The summed E-state index contributed by atoms with van der Waals surface area (Å²) in [7, 11) is 0. The third-order valence-corrected chi connectivity index (χ3v) is 3.93. The first kappa shape index (κ1) is 9.88. The molecule has 0 saturated heterocycles. The predicted octanol–water partition coefficient (Wildman–Crippen LogP) is 5.22. The largest absolute Gasteiger partial charge is 0.143 e. The van der Waals surface area contributed by atoms with Crippen LogP contribution in [0.1, 0.15) is 0 Å². The van der Waals surface area contributed by atoms with Gasteiger partial charge in [0, 0.05) is 15.1 Å². The molecular weight excluding hydrogens is 236 g/mol. The fourth-order valence-corrected chi connectivity index (χ4v) is 3.11. The van der Waals surface area contributed by atoms with Gasteiger partial charge in [0.25, 0.3) is 0 Å². The topological polar surface area (TPSA) is 0 Å². The van der Waals surface area contributed by atoms with Crippen molar-refractivity contribution in [1.29, 1.82) is 0 Å². The third kappa shape index (κ3) is 1.53. The van der Waals surface area contributed by atoms with E-state index in [1.165, 1.54) is 15.8 Å². The molecule has 16 heavy (non-hydrogen) atoms. The molecular formula is C14H9ClS. The van der Waals surface area contributed by atoms with E-state index in [9.17, 15) is 0 Å². The Kier molecular flexibility index (Phi) is 2.43. The normalized spacial score (nSPS) is 10.8. The molecule has 0 unspecified atom stereocenters. The average molecular weight is 245 g/mol. The van der Waals surface area contributed by atoms with Crippen LogP contribution < -0.4 is 0 Å². The molecule has 78 valence electrons. The highest BCUT2D eigenvalue weighted by atomic mass is 35.5. The fourth-order valence-electron chi connectivity index (χ4n) is 1.87. The molecule has 0 radical (unpaired) electrons. The Hall–Kier alpha value is -1.31. The van der Waals surface area contributed by atoms with E-state index in [4.69, 9.17) is 11.6 Å². The zero-order chi connectivity index (χ0) is 11.0. The first-order valence-electron chi connectivity index (χ1n) is 5.07. The molecule has 0 fully saturated rings. The summed E-state index contributed by atoms with van der Waals surface area (Å²) in [4.78, 5) is 0. The van der Waals surface area contributed by atoms with Crippen molar-refractivity contribution in [2.75, 3.05) is 0 Å². The minimum absolute atomic E-state index is 0.830.